The highest BCUT2D eigenvalue weighted by molar-refractivity contribution is 6.06. The van der Waals surface area contributed by atoms with Crippen molar-refractivity contribution in [3.63, 3.8) is 0 Å². The average Bonchev–Trinajstić information content (AvgIpc) is 4.08. The summed E-state index contributed by atoms with van der Waals surface area (Å²) >= 11 is 0. The summed E-state index contributed by atoms with van der Waals surface area (Å²) in [5.74, 6) is 1.03. The van der Waals surface area contributed by atoms with E-state index in [1.165, 1.54) is 0 Å². The highest BCUT2D eigenvalue weighted by atomic mass is 16.8. The first kappa shape index (κ1) is 33.9. The molecule has 0 saturated carbocycles. The van der Waals surface area contributed by atoms with Gasteiger partial charge in [-0.1, -0.05) is 72.8 Å². The Morgan fingerprint density at radius 3 is 1.55 bits per heavy atom. The van der Waals surface area contributed by atoms with Gasteiger partial charge in [0.15, 0.2) is 53.4 Å². The van der Waals surface area contributed by atoms with Crippen LogP contribution in [0.25, 0.3) is 89.7 Å². The summed E-state index contributed by atoms with van der Waals surface area (Å²) in [5, 5.41) is 3.57. The molecule has 8 bridgehead atoms. The number of hydrogen-bond acceptors (Lipinski definition) is 12. The summed E-state index contributed by atoms with van der Waals surface area (Å²) in [6.07, 6.45) is -2.61. The first-order valence-corrected chi connectivity index (χ1v) is 19.4. The molecule has 0 aliphatic carbocycles. The van der Waals surface area contributed by atoms with Gasteiger partial charge in [0, 0.05) is 43.8 Å². The van der Waals surface area contributed by atoms with Gasteiger partial charge in [0.2, 0.25) is 0 Å². The molecule has 7 aromatic rings. The molecule has 5 aliphatic rings. The van der Waals surface area contributed by atoms with E-state index in [2.05, 4.69) is 9.97 Å². The Labute approximate surface area is 330 Å². The lowest BCUT2D eigenvalue weighted by molar-refractivity contribution is -0.230. The molecule has 5 aliphatic heterocycles. The molecule has 3 aromatic heterocycles. The monoisotopic (exact) mass is 772 g/mol. The van der Waals surface area contributed by atoms with E-state index in [0.717, 1.165) is 43.8 Å². The number of aromatic nitrogens is 8. The molecule has 4 aromatic carbocycles. The molecule has 5 atom stereocenters. The molecule has 0 radical (unpaired) electrons. The zero-order chi connectivity index (χ0) is 38.9. The predicted molar refractivity (Wildman–Crippen MR) is 214 cm³/mol. The summed E-state index contributed by atoms with van der Waals surface area (Å²) in [7, 11) is 0. The molecule has 0 spiro atoms. The lowest BCUT2D eigenvalue weighted by atomic mass is 10.0. The summed E-state index contributed by atoms with van der Waals surface area (Å²) in [6, 6.07) is 29.8. The van der Waals surface area contributed by atoms with E-state index >= 15 is 0 Å². The normalized spacial score (nSPS) is 23.9. The lowest BCUT2D eigenvalue weighted by Gasteiger charge is -2.29. The third-order valence-corrected chi connectivity index (χ3v) is 11.2. The topological polar surface area (TPSA) is 164 Å². The summed E-state index contributed by atoms with van der Waals surface area (Å²) < 4.78 is 38.0. The van der Waals surface area contributed by atoms with E-state index < -0.39 is 42.3 Å². The van der Waals surface area contributed by atoms with Crippen LogP contribution < -0.4 is 4.74 Å². The molecule has 3 fully saturated rings. The van der Waals surface area contributed by atoms with Gasteiger partial charge in [-0.2, -0.15) is 0 Å². The van der Waals surface area contributed by atoms with Crippen molar-refractivity contribution < 1.29 is 28.4 Å². The van der Waals surface area contributed by atoms with Crippen molar-refractivity contribution in [3.8, 4) is 51.3 Å². The number of H-pyrrole nitrogens is 2. The van der Waals surface area contributed by atoms with Crippen molar-refractivity contribution in [2.45, 2.75) is 70.0 Å². The first-order valence-electron chi connectivity index (χ1n) is 19.4. The minimum absolute atomic E-state index is 0.347. The SMILES string of the molecule is CC1(C)O[C@H]2O[C@H]([C@H]3COC(C)(C)O3)[C@H](Oc3ccc4c(c3)-c3nc-4nc4[nH]c(nc5nc(nc6[nH]c(n3)c3ccccc63)-c3ccccc3-5)c3ccccc43)[C@H]2O1. The molecule has 288 valence electrons. The van der Waals surface area contributed by atoms with Crippen LogP contribution in [0.5, 0.6) is 5.75 Å². The molecule has 0 amide bonds. The van der Waals surface area contributed by atoms with Gasteiger partial charge >= 0.3 is 0 Å². The zero-order valence-electron chi connectivity index (χ0n) is 31.9. The molecular weight excluding hydrogens is 737 g/mol. The van der Waals surface area contributed by atoms with E-state index in [1.807, 2.05) is 119 Å². The Kier molecular flexibility index (Phi) is 7.12. The van der Waals surface area contributed by atoms with Gasteiger partial charge in [-0.3, -0.25) is 0 Å². The fraction of sp³-hybridized carbons (Fsp3) is 0.273. The third-order valence-electron chi connectivity index (χ3n) is 11.2. The maximum absolute atomic E-state index is 6.84. The van der Waals surface area contributed by atoms with Crippen molar-refractivity contribution in [2.24, 2.45) is 0 Å². The smallest absolute Gasteiger partial charge is 0.191 e. The van der Waals surface area contributed by atoms with Gasteiger partial charge in [0.25, 0.3) is 0 Å². The van der Waals surface area contributed by atoms with Crippen molar-refractivity contribution in [1.29, 1.82) is 0 Å². The van der Waals surface area contributed by atoms with E-state index in [-0.39, 0.29) is 0 Å². The molecule has 58 heavy (non-hydrogen) atoms. The fourth-order valence-corrected chi connectivity index (χ4v) is 8.67. The minimum Gasteiger partial charge on any atom is -0.485 e. The summed E-state index contributed by atoms with van der Waals surface area (Å²) in [4.78, 5) is 37.6. The molecule has 14 nitrogen and oxygen atoms in total. The molecule has 8 heterocycles. The number of hydrogen-bond donors (Lipinski definition) is 2. The van der Waals surface area contributed by atoms with Crippen LogP contribution in [0.4, 0.5) is 0 Å². The van der Waals surface area contributed by atoms with Crippen LogP contribution in [0.1, 0.15) is 27.7 Å². The molecule has 3 saturated heterocycles. The van der Waals surface area contributed by atoms with Crippen molar-refractivity contribution in [1.82, 2.24) is 39.9 Å². The molecular formula is C44H36N8O6. The van der Waals surface area contributed by atoms with Gasteiger partial charge in [-0.15, -0.1) is 0 Å². The quantitative estimate of drug-likeness (QED) is 0.181. The fourth-order valence-electron chi connectivity index (χ4n) is 8.67. The van der Waals surface area contributed by atoms with Crippen molar-refractivity contribution >= 4 is 44.1 Å². The third kappa shape index (κ3) is 5.37. The van der Waals surface area contributed by atoms with Crippen LogP contribution in [0.3, 0.4) is 0 Å². The molecule has 0 unspecified atom stereocenters. The van der Waals surface area contributed by atoms with Gasteiger partial charge in [0.1, 0.15) is 40.5 Å². The van der Waals surface area contributed by atoms with Crippen LogP contribution in [0, 0.1) is 0 Å². The Bertz CT molecular complexity index is 3030. The number of nitrogens with zero attached hydrogens (tertiary/aromatic N) is 6. The molecule has 12 rings (SSSR count). The van der Waals surface area contributed by atoms with Gasteiger partial charge in [0.05, 0.1) is 6.61 Å². The summed E-state index contributed by atoms with van der Waals surface area (Å²) in [5.41, 5.74) is 5.77. The van der Waals surface area contributed by atoms with Gasteiger partial charge in [-0.25, -0.2) is 29.9 Å². The Balaban J connectivity index is 1.06. The van der Waals surface area contributed by atoms with E-state index in [4.69, 9.17) is 58.3 Å². The standard InChI is InChI=1S/C44H36N8O6/c1-43(2)53-20-30(56-43)31-32(33-42(55-31)58-44(3,4)57-33)54-21-17-18-28-29(19-21)41-51-39-27-16-10-9-15-26(27)37(49-39)47-35-23-12-6-5-11-22(23)34(45-35)46-36-24-13-7-8-14-25(24)38(48-36)50-40(28)52-41/h5-19,30-33,42H,20H2,1-4H3,(H2,45,46,47,48,49,50,51,52)/t30-,31-,32+,33-,42-/m1/s1. The van der Waals surface area contributed by atoms with E-state index in [1.54, 1.807) is 0 Å². The Hall–Kier alpha value is -6.16. The second-order valence-corrected chi connectivity index (χ2v) is 16.0. The highest BCUT2D eigenvalue weighted by Gasteiger charge is 2.59. The van der Waals surface area contributed by atoms with Crippen molar-refractivity contribution in [2.75, 3.05) is 6.61 Å². The van der Waals surface area contributed by atoms with Crippen molar-refractivity contribution in [3.05, 3.63) is 91.0 Å². The zero-order valence-corrected chi connectivity index (χ0v) is 31.9. The first-order chi connectivity index (χ1) is 28.1. The largest absolute Gasteiger partial charge is 0.485 e. The number of fused-ring (bicyclic) bond motifs is 21. The molecule has 14 heteroatoms. The number of rotatable bonds is 3. The number of nitrogens with one attached hydrogen (secondary N) is 2. The van der Waals surface area contributed by atoms with Gasteiger partial charge in [-0.05, 0) is 45.9 Å². The maximum atomic E-state index is 6.84. The highest BCUT2D eigenvalue weighted by Crippen LogP contribution is 2.44. The van der Waals surface area contributed by atoms with Gasteiger partial charge < -0.3 is 38.4 Å². The second kappa shape index (κ2) is 12.2. The minimum atomic E-state index is -0.844. The number of aromatic amines is 2. The predicted octanol–water partition coefficient (Wildman–Crippen LogP) is 7.64. The maximum Gasteiger partial charge on any atom is 0.191 e. The van der Waals surface area contributed by atoms with E-state index in [0.29, 0.717) is 58.2 Å². The molecule has 2 N–H and O–H groups in total. The second-order valence-electron chi connectivity index (χ2n) is 16.0. The van der Waals surface area contributed by atoms with Crippen LogP contribution in [-0.2, 0) is 23.7 Å². The van der Waals surface area contributed by atoms with Crippen LogP contribution in [-0.4, -0.2) is 88.8 Å². The average molecular weight is 773 g/mol. The lowest BCUT2D eigenvalue weighted by Crippen LogP contribution is -2.45. The number of benzene rings is 4. The number of ether oxygens (including phenoxy) is 6. The van der Waals surface area contributed by atoms with E-state index in [9.17, 15) is 0 Å². The van der Waals surface area contributed by atoms with Crippen LogP contribution in [0.2, 0.25) is 0 Å². The van der Waals surface area contributed by atoms with Crippen LogP contribution in [0.15, 0.2) is 91.0 Å². The van der Waals surface area contributed by atoms with Crippen LogP contribution >= 0.6 is 0 Å². The Morgan fingerprint density at radius 1 is 0.534 bits per heavy atom. The summed E-state index contributed by atoms with van der Waals surface area (Å²) in [6.45, 7) is 7.86. The Morgan fingerprint density at radius 2 is 1.03 bits per heavy atom.